The molecule has 8 rings (SSSR count). The van der Waals surface area contributed by atoms with Gasteiger partial charge in [0.25, 0.3) is 0 Å². The third kappa shape index (κ3) is 3.50. The Bertz CT molecular complexity index is 2160. The Kier molecular flexibility index (Phi) is 4.79. The molecule has 0 unspecified atom stereocenters. The van der Waals surface area contributed by atoms with Gasteiger partial charge in [-0.25, -0.2) is 9.97 Å². The van der Waals surface area contributed by atoms with Crippen LogP contribution in [0.25, 0.3) is 71.8 Å². The van der Waals surface area contributed by atoms with Gasteiger partial charge in [0.2, 0.25) is 0 Å². The van der Waals surface area contributed by atoms with Gasteiger partial charge in [0, 0.05) is 39.7 Å². The van der Waals surface area contributed by atoms with Crippen LogP contribution in [-0.2, 0) is 0 Å². The number of para-hydroxylation sites is 1. The van der Waals surface area contributed by atoms with E-state index in [-0.39, 0.29) is 0 Å². The molecular weight excluding hydrogens is 476 g/mol. The molecule has 0 N–H and O–H groups in total. The van der Waals surface area contributed by atoms with E-state index < -0.39 is 0 Å². The molecule has 4 nitrogen and oxygen atoms in total. The first kappa shape index (κ1) is 21.7. The Morgan fingerprint density at radius 1 is 0.513 bits per heavy atom. The van der Waals surface area contributed by atoms with E-state index in [0.717, 1.165) is 50.3 Å². The lowest BCUT2D eigenvalue weighted by molar-refractivity contribution is 1.08. The van der Waals surface area contributed by atoms with E-state index in [1.165, 1.54) is 21.5 Å². The molecule has 8 aromatic rings. The first-order valence-electron chi connectivity index (χ1n) is 13.0. The molecule has 0 aliphatic heterocycles. The fourth-order valence-electron chi connectivity index (χ4n) is 5.63. The smallest absolute Gasteiger partial charge is 0.137 e. The third-order valence-corrected chi connectivity index (χ3v) is 7.49. The number of fused-ring (bicyclic) bond motifs is 6. The number of nitrogens with zero attached hydrogens (tertiary/aromatic N) is 4. The Labute approximate surface area is 224 Å². The maximum atomic E-state index is 4.95. The summed E-state index contributed by atoms with van der Waals surface area (Å²) in [5, 5.41) is 6.00. The molecule has 4 aromatic heterocycles. The molecule has 0 aliphatic rings. The van der Waals surface area contributed by atoms with Crippen LogP contribution in [0.15, 0.2) is 134 Å². The van der Waals surface area contributed by atoms with Gasteiger partial charge >= 0.3 is 0 Å². The lowest BCUT2D eigenvalue weighted by atomic mass is 10.0. The van der Waals surface area contributed by atoms with Gasteiger partial charge in [0.1, 0.15) is 5.82 Å². The van der Waals surface area contributed by atoms with Gasteiger partial charge in [-0.05, 0) is 65.4 Å². The minimum Gasteiger partial charge on any atom is -0.294 e. The third-order valence-electron chi connectivity index (χ3n) is 7.49. The Morgan fingerprint density at radius 3 is 2.18 bits per heavy atom. The summed E-state index contributed by atoms with van der Waals surface area (Å²) in [5.41, 5.74) is 7.20. The Morgan fingerprint density at radius 2 is 1.31 bits per heavy atom. The Hall–Kier alpha value is -5.35. The highest BCUT2D eigenvalue weighted by Crippen LogP contribution is 2.38. The average molecular weight is 499 g/mol. The number of aromatic nitrogens is 4. The van der Waals surface area contributed by atoms with Gasteiger partial charge in [-0.3, -0.25) is 9.55 Å². The standard InChI is InChI=1S/C35H22N4/c1-3-9-27-23(7-1)13-18-33-35(27)28-21-25(29-10-5-6-20-36-29)14-17-32(28)39(33)34-19-15-26(22-37-34)31-16-12-24-8-2-4-11-30(24)38-31/h1-22H. The first-order chi connectivity index (χ1) is 19.3. The van der Waals surface area contributed by atoms with Crippen LogP contribution in [0.2, 0.25) is 0 Å². The van der Waals surface area contributed by atoms with Crippen LogP contribution >= 0.6 is 0 Å². The van der Waals surface area contributed by atoms with E-state index in [9.17, 15) is 0 Å². The Balaban J connectivity index is 1.34. The van der Waals surface area contributed by atoms with Crippen LogP contribution in [0.5, 0.6) is 0 Å². The molecule has 0 radical (unpaired) electrons. The van der Waals surface area contributed by atoms with E-state index in [0.29, 0.717) is 0 Å². The van der Waals surface area contributed by atoms with Crippen molar-refractivity contribution >= 4 is 43.5 Å². The van der Waals surface area contributed by atoms with Crippen molar-refractivity contribution in [1.82, 2.24) is 19.5 Å². The number of hydrogen-bond donors (Lipinski definition) is 0. The summed E-state index contributed by atoms with van der Waals surface area (Å²) in [6.07, 6.45) is 3.77. The number of rotatable bonds is 3. The highest BCUT2D eigenvalue weighted by molar-refractivity contribution is 6.21. The van der Waals surface area contributed by atoms with Gasteiger partial charge in [-0.2, -0.15) is 0 Å². The van der Waals surface area contributed by atoms with E-state index in [1.807, 2.05) is 42.7 Å². The van der Waals surface area contributed by atoms with Crippen LogP contribution in [0.3, 0.4) is 0 Å². The molecule has 4 aromatic carbocycles. The number of pyridine rings is 3. The molecule has 0 spiro atoms. The highest BCUT2D eigenvalue weighted by Gasteiger charge is 2.17. The first-order valence-corrected chi connectivity index (χ1v) is 13.0. The molecule has 0 saturated carbocycles. The maximum Gasteiger partial charge on any atom is 0.137 e. The summed E-state index contributed by atoms with van der Waals surface area (Å²) in [7, 11) is 0. The molecule has 0 amide bonds. The maximum absolute atomic E-state index is 4.95. The van der Waals surface area contributed by atoms with Gasteiger partial charge in [-0.1, -0.05) is 66.7 Å². The van der Waals surface area contributed by atoms with Crippen LogP contribution in [0.4, 0.5) is 0 Å². The van der Waals surface area contributed by atoms with Crippen molar-refractivity contribution in [1.29, 1.82) is 0 Å². The second-order valence-corrected chi connectivity index (χ2v) is 9.76. The molecule has 4 heteroatoms. The molecule has 4 heterocycles. The second kappa shape index (κ2) is 8.61. The molecule has 0 atom stereocenters. The van der Waals surface area contributed by atoms with Crippen molar-refractivity contribution in [2.24, 2.45) is 0 Å². The summed E-state index contributed by atoms with van der Waals surface area (Å²) in [5.74, 6) is 0.875. The quantitative estimate of drug-likeness (QED) is 0.245. The van der Waals surface area contributed by atoms with Crippen molar-refractivity contribution in [3.8, 4) is 28.3 Å². The largest absolute Gasteiger partial charge is 0.294 e. The summed E-state index contributed by atoms with van der Waals surface area (Å²) < 4.78 is 2.26. The van der Waals surface area contributed by atoms with Crippen LogP contribution < -0.4 is 0 Å². The summed E-state index contributed by atoms with van der Waals surface area (Å²) in [6, 6.07) is 42.2. The van der Waals surface area contributed by atoms with Crippen molar-refractivity contribution in [2.45, 2.75) is 0 Å². The van der Waals surface area contributed by atoms with Crippen molar-refractivity contribution in [3.63, 3.8) is 0 Å². The molecule has 0 saturated heterocycles. The van der Waals surface area contributed by atoms with E-state index >= 15 is 0 Å². The predicted octanol–water partition coefficient (Wildman–Crippen LogP) is 8.61. The molecular formula is C35H22N4. The summed E-state index contributed by atoms with van der Waals surface area (Å²) in [4.78, 5) is 14.4. The van der Waals surface area contributed by atoms with Gasteiger partial charge in [-0.15, -0.1) is 0 Å². The zero-order valence-electron chi connectivity index (χ0n) is 21.0. The van der Waals surface area contributed by atoms with Gasteiger partial charge in [0.05, 0.1) is 27.9 Å². The van der Waals surface area contributed by atoms with E-state index in [4.69, 9.17) is 9.97 Å². The average Bonchev–Trinajstić information content (AvgIpc) is 3.35. The molecule has 182 valence electrons. The molecule has 0 fully saturated rings. The van der Waals surface area contributed by atoms with Crippen molar-refractivity contribution < 1.29 is 0 Å². The van der Waals surface area contributed by atoms with Crippen molar-refractivity contribution in [2.75, 3.05) is 0 Å². The molecule has 0 bridgehead atoms. The van der Waals surface area contributed by atoms with Crippen LogP contribution in [0.1, 0.15) is 0 Å². The predicted molar refractivity (Wildman–Crippen MR) is 160 cm³/mol. The normalized spacial score (nSPS) is 11.6. The van der Waals surface area contributed by atoms with Gasteiger partial charge in [0.15, 0.2) is 0 Å². The molecule has 39 heavy (non-hydrogen) atoms. The number of benzene rings is 4. The SMILES string of the molecule is c1ccc(-c2ccc3c(c2)c2c4ccccc4ccc2n3-c2ccc(-c3ccc4ccccc4n3)cn2)nc1. The minimum atomic E-state index is 0.875. The number of hydrogen-bond acceptors (Lipinski definition) is 3. The van der Waals surface area contributed by atoms with Crippen molar-refractivity contribution in [3.05, 3.63) is 134 Å². The highest BCUT2D eigenvalue weighted by atomic mass is 15.1. The van der Waals surface area contributed by atoms with Crippen LogP contribution in [-0.4, -0.2) is 19.5 Å². The fourth-order valence-corrected chi connectivity index (χ4v) is 5.63. The van der Waals surface area contributed by atoms with E-state index in [2.05, 4.69) is 101 Å². The monoisotopic (exact) mass is 498 g/mol. The fraction of sp³-hybridized carbons (Fsp3) is 0. The summed E-state index contributed by atoms with van der Waals surface area (Å²) in [6.45, 7) is 0. The van der Waals surface area contributed by atoms with E-state index in [1.54, 1.807) is 0 Å². The van der Waals surface area contributed by atoms with Crippen LogP contribution in [0, 0.1) is 0 Å². The second-order valence-electron chi connectivity index (χ2n) is 9.76. The lowest BCUT2D eigenvalue weighted by Gasteiger charge is -2.09. The zero-order valence-corrected chi connectivity index (χ0v) is 21.0. The molecule has 0 aliphatic carbocycles. The zero-order chi connectivity index (χ0) is 25.8. The topological polar surface area (TPSA) is 43.6 Å². The minimum absolute atomic E-state index is 0.875. The summed E-state index contributed by atoms with van der Waals surface area (Å²) >= 11 is 0. The lowest BCUT2D eigenvalue weighted by Crippen LogP contribution is -1.97. The van der Waals surface area contributed by atoms with Gasteiger partial charge < -0.3 is 0 Å².